The van der Waals surface area contributed by atoms with Crippen LogP contribution in [0.25, 0.3) is 6.08 Å². The number of rotatable bonds is 4. The molecule has 0 amide bonds. The van der Waals surface area contributed by atoms with Crippen LogP contribution in [-0.4, -0.2) is 22.6 Å². The number of nitro groups is 1. The van der Waals surface area contributed by atoms with Gasteiger partial charge in [-0.25, -0.2) is 9.79 Å². The van der Waals surface area contributed by atoms with E-state index in [4.69, 9.17) is 4.74 Å². The number of fused-ring (bicyclic) bond motifs is 1. The summed E-state index contributed by atoms with van der Waals surface area (Å²) in [7, 11) is 1.30. The van der Waals surface area contributed by atoms with Crippen LogP contribution in [0, 0.1) is 10.1 Å². The number of hydrogen-bond donors (Lipinski definition) is 0. The minimum atomic E-state index is -0.618. The highest BCUT2D eigenvalue weighted by molar-refractivity contribution is 7.10. The molecule has 1 unspecified atom stereocenters. The fourth-order valence-corrected chi connectivity index (χ4v) is 5.12. The lowest BCUT2D eigenvalue weighted by molar-refractivity contribution is -0.384. The van der Waals surface area contributed by atoms with Gasteiger partial charge in [0.2, 0.25) is 0 Å². The Balaban J connectivity index is 1.90. The van der Waals surface area contributed by atoms with E-state index in [0.717, 1.165) is 4.88 Å². The molecule has 1 aliphatic heterocycles. The molecule has 3 aromatic rings. The summed E-state index contributed by atoms with van der Waals surface area (Å²) >= 11 is 2.65. The molecular formula is C20H15N3O5S2. The monoisotopic (exact) mass is 441 g/mol. The van der Waals surface area contributed by atoms with Gasteiger partial charge in [0, 0.05) is 17.0 Å². The number of carbonyl (C=O) groups excluding carboxylic acids is 1. The molecule has 0 fully saturated rings. The lowest BCUT2D eigenvalue weighted by atomic mass is 10.0. The van der Waals surface area contributed by atoms with Gasteiger partial charge < -0.3 is 4.74 Å². The van der Waals surface area contributed by atoms with Crippen molar-refractivity contribution >= 4 is 40.4 Å². The maximum absolute atomic E-state index is 13.3. The molecule has 0 saturated carbocycles. The van der Waals surface area contributed by atoms with Gasteiger partial charge in [-0.3, -0.25) is 19.5 Å². The number of benzene rings is 1. The van der Waals surface area contributed by atoms with Crippen LogP contribution in [-0.2, 0) is 9.53 Å². The molecule has 8 nitrogen and oxygen atoms in total. The molecule has 2 aromatic heterocycles. The van der Waals surface area contributed by atoms with E-state index < -0.39 is 16.9 Å². The lowest BCUT2D eigenvalue weighted by Gasteiger charge is -2.22. The predicted octanol–water partition coefficient (Wildman–Crippen LogP) is 2.38. The number of thiophene rings is 1. The first-order valence-electron chi connectivity index (χ1n) is 8.79. The molecule has 3 heterocycles. The maximum Gasteiger partial charge on any atom is 0.338 e. The molecule has 0 N–H and O–H groups in total. The van der Waals surface area contributed by atoms with Crippen LogP contribution in [0.4, 0.5) is 5.69 Å². The zero-order valence-electron chi connectivity index (χ0n) is 15.9. The third-order valence-corrected chi connectivity index (χ3v) is 6.55. The largest absolute Gasteiger partial charge is 0.466 e. The first-order chi connectivity index (χ1) is 14.4. The van der Waals surface area contributed by atoms with Crippen molar-refractivity contribution in [2.24, 2.45) is 4.99 Å². The third kappa shape index (κ3) is 3.40. The number of methoxy groups -OCH3 is 1. The summed E-state index contributed by atoms with van der Waals surface area (Å²) < 4.78 is 6.88. The summed E-state index contributed by atoms with van der Waals surface area (Å²) in [5.41, 5.74) is 1.18. The van der Waals surface area contributed by atoms with E-state index in [1.165, 1.54) is 46.5 Å². The van der Waals surface area contributed by atoms with Gasteiger partial charge in [0.25, 0.3) is 11.2 Å². The van der Waals surface area contributed by atoms with Crippen molar-refractivity contribution in [2.75, 3.05) is 7.11 Å². The summed E-state index contributed by atoms with van der Waals surface area (Å²) in [6.07, 6.45) is 1.66. The minimum absolute atomic E-state index is 0.0235. The van der Waals surface area contributed by atoms with E-state index in [0.29, 0.717) is 26.2 Å². The fraction of sp³-hybridized carbons (Fsp3) is 0.150. The maximum atomic E-state index is 13.3. The van der Waals surface area contributed by atoms with E-state index in [1.54, 1.807) is 25.1 Å². The molecule has 1 atom stereocenters. The summed E-state index contributed by atoms with van der Waals surface area (Å²) in [6, 6.07) is 9.04. The molecule has 4 rings (SSSR count). The van der Waals surface area contributed by atoms with E-state index in [9.17, 15) is 19.7 Å². The van der Waals surface area contributed by atoms with E-state index >= 15 is 0 Å². The predicted molar refractivity (Wildman–Crippen MR) is 113 cm³/mol. The van der Waals surface area contributed by atoms with Crippen LogP contribution in [0.3, 0.4) is 0 Å². The molecular weight excluding hydrogens is 426 g/mol. The van der Waals surface area contributed by atoms with Gasteiger partial charge >= 0.3 is 5.97 Å². The summed E-state index contributed by atoms with van der Waals surface area (Å²) in [5, 5.41) is 12.7. The molecule has 152 valence electrons. The minimum Gasteiger partial charge on any atom is -0.466 e. The topological polar surface area (TPSA) is 104 Å². The number of non-ortho nitro benzene ring substituents is 1. The number of thiazole rings is 1. The fourth-order valence-electron chi connectivity index (χ4n) is 3.25. The highest BCUT2D eigenvalue weighted by Gasteiger charge is 2.33. The van der Waals surface area contributed by atoms with Crippen LogP contribution in [0.5, 0.6) is 0 Å². The normalized spacial score (nSPS) is 16.2. The Bertz CT molecular complexity index is 1350. The van der Waals surface area contributed by atoms with Gasteiger partial charge in [0.05, 0.1) is 27.8 Å². The molecule has 0 aliphatic carbocycles. The van der Waals surface area contributed by atoms with Crippen LogP contribution < -0.4 is 14.9 Å². The quantitative estimate of drug-likeness (QED) is 0.351. The smallest absolute Gasteiger partial charge is 0.338 e. The Kier molecular flexibility index (Phi) is 5.18. The van der Waals surface area contributed by atoms with Gasteiger partial charge in [-0.2, -0.15) is 0 Å². The number of hydrogen-bond acceptors (Lipinski definition) is 8. The van der Waals surface area contributed by atoms with Crippen LogP contribution in [0.2, 0.25) is 0 Å². The van der Waals surface area contributed by atoms with Gasteiger partial charge in [-0.05, 0) is 42.1 Å². The first kappa shape index (κ1) is 19.9. The molecule has 0 saturated heterocycles. The van der Waals surface area contributed by atoms with Crippen molar-refractivity contribution < 1.29 is 14.5 Å². The second-order valence-corrected chi connectivity index (χ2v) is 8.43. The number of carbonyl (C=O) groups is 1. The number of nitro benzene ring substituents is 1. The molecule has 0 spiro atoms. The van der Waals surface area contributed by atoms with Crippen LogP contribution in [0.15, 0.2) is 62.8 Å². The average molecular weight is 441 g/mol. The average Bonchev–Trinajstić information content (AvgIpc) is 3.36. The van der Waals surface area contributed by atoms with Crippen molar-refractivity contribution in [1.29, 1.82) is 0 Å². The Morgan fingerprint density at radius 1 is 1.30 bits per heavy atom. The second-order valence-electron chi connectivity index (χ2n) is 6.44. The van der Waals surface area contributed by atoms with Gasteiger partial charge in [0.1, 0.15) is 6.04 Å². The Hall–Kier alpha value is -3.37. The Labute approximate surface area is 177 Å². The zero-order chi connectivity index (χ0) is 21.4. The Morgan fingerprint density at radius 3 is 2.63 bits per heavy atom. The molecule has 1 aromatic carbocycles. The molecule has 0 radical (unpaired) electrons. The van der Waals surface area contributed by atoms with Gasteiger partial charge in [0.15, 0.2) is 4.80 Å². The number of allylic oxidation sites excluding steroid dienone is 1. The highest BCUT2D eigenvalue weighted by atomic mass is 32.1. The van der Waals surface area contributed by atoms with Crippen molar-refractivity contribution in [3.05, 3.63) is 93.3 Å². The number of ether oxygens (including phenoxy) is 1. The zero-order valence-corrected chi connectivity index (χ0v) is 17.5. The third-order valence-electron chi connectivity index (χ3n) is 4.64. The van der Waals surface area contributed by atoms with Crippen molar-refractivity contribution in [3.63, 3.8) is 0 Å². The highest BCUT2D eigenvalue weighted by Crippen LogP contribution is 2.32. The lowest BCUT2D eigenvalue weighted by Crippen LogP contribution is -2.39. The summed E-state index contributed by atoms with van der Waals surface area (Å²) in [4.78, 5) is 41.9. The Morgan fingerprint density at radius 2 is 2.03 bits per heavy atom. The van der Waals surface area contributed by atoms with Crippen molar-refractivity contribution in [3.8, 4) is 0 Å². The van der Waals surface area contributed by atoms with E-state index in [2.05, 4.69) is 4.99 Å². The number of nitrogens with zero attached hydrogens (tertiary/aromatic N) is 3. The van der Waals surface area contributed by atoms with Gasteiger partial charge in [-0.15, -0.1) is 11.3 Å². The van der Waals surface area contributed by atoms with Gasteiger partial charge in [-0.1, -0.05) is 17.4 Å². The standard InChI is InChI=1S/C20H15N3O5S2/c1-11-16(19(25)28-2)17(14-4-3-9-29-14)22-18(24)15(30-20(22)21-11)10-12-5-7-13(8-6-12)23(26)27/h3-10,17H,1-2H3/b15-10+. The second kappa shape index (κ2) is 7.81. The number of aromatic nitrogens is 1. The van der Waals surface area contributed by atoms with Crippen molar-refractivity contribution in [2.45, 2.75) is 13.0 Å². The summed E-state index contributed by atoms with van der Waals surface area (Å²) in [5.74, 6) is -0.528. The molecule has 30 heavy (non-hydrogen) atoms. The van der Waals surface area contributed by atoms with Crippen LogP contribution >= 0.6 is 22.7 Å². The van der Waals surface area contributed by atoms with Crippen LogP contribution in [0.1, 0.15) is 23.4 Å². The van der Waals surface area contributed by atoms with E-state index in [-0.39, 0.29) is 11.2 Å². The van der Waals surface area contributed by atoms with Crippen molar-refractivity contribution in [1.82, 2.24) is 4.57 Å². The van der Waals surface area contributed by atoms with E-state index in [1.807, 2.05) is 17.5 Å². The SMILES string of the molecule is COC(=O)C1=C(C)N=c2s/c(=C/c3ccc([N+](=O)[O-])cc3)c(=O)n2C1c1cccs1. The molecule has 1 aliphatic rings. The molecule has 10 heteroatoms. The molecule has 0 bridgehead atoms. The summed E-state index contributed by atoms with van der Waals surface area (Å²) in [6.45, 7) is 1.72. The first-order valence-corrected chi connectivity index (χ1v) is 10.5. The number of esters is 1.